The molecule has 1 aliphatic rings. The van der Waals surface area contributed by atoms with Gasteiger partial charge in [-0.3, -0.25) is 4.99 Å². The van der Waals surface area contributed by atoms with Crippen molar-refractivity contribution in [3.05, 3.63) is 106 Å². The van der Waals surface area contributed by atoms with Crippen molar-refractivity contribution in [2.24, 2.45) is 9.98 Å². The largest absolute Gasteiger partial charge is 0.475 e. The summed E-state index contributed by atoms with van der Waals surface area (Å²) < 4.78 is 72.4. The third-order valence-corrected chi connectivity index (χ3v) is 5.22. The van der Waals surface area contributed by atoms with Crippen LogP contribution in [0, 0.1) is 11.6 Å². The molecule has 0 N–H and O–H groups in total. The third kappa shape index (κ3) is 5.27. The lowest BCUT2D eigenvalue weighted by Crippen LogP contribution is -2.08. The smallest absolute Gasteiger partial charge is 0.417 e. The second-order valence-corrected chi connectivity index (χ2v) is 7.47. The van der Waals surface area contributed by atoms with Crippen molar-refractivity contribution in [3.8, 4) is 0 Å². The van der Waals surface area contributed by atoms with E-state index in [4.69, 9.17) is 4.74 Å². The fourth-order valence-electron chi connectivity index (χ4n) is 3.51. The predicted octanol–water partition coefficient (Wildman–Crippen LogP) is 6.16. The molecule has 33 heavy (non-hydrogen) atoms. The number of nitrogens with zero attached hydrogens (tertiary/aromatic N) is 2. The Morgan fingerprint density at radius 2 is 1.64 bits per heavy atom. The molecule has 3 nitrogen and oxygen atoms in total. The first-order valence-corrected chi connectivity index (χ1v) is 10.2. The molecule has 0 bridgehead atoms. The van der Waals surface area contributed by atoms with E-state index in [-0.39, 0.29) is 29.7 Å². The molecule has 1 atom stereocenters. The molecule has 0 amide bonds. The van der Waals surface area contributed by atoms with Crippen LogP contribution >= 0.6 is 0 Å². The van der Waals surface area contributed by atoms with Gasteiger partial charge < -0.3 is 4.74 Å². The van der Waals surface area contributed by atoms with Crippen LogP contribution in [0.4, 0.5) is 22.0 Å². The first-order chi connectivity index (χ1) is 15.8. The molecule has 8 heteroatoms. The van der Waals surface area contributed by atoms with Crippen molar-refractivity contribution in [2.45, 2.75) is 18.6 Å². The standard InChI is InChI=1S/C25H19F5N2O/c26-20-6-3-7-21(27)23(20)24-32-22(15-33-24)17-10-8-16(9-11-17)12-13-31-14-18-4-1-2-5-19(18)25(28,29)30/h1-11,14,22H,12-13,15H2. The molecule has 0 radical (unpaired) electrons. The average Bonchev–Trinajstić information content (AvgIpc) is 3.26. The summed E-state index contributed by atoms with van der Waals surface area (Å²) in [4.78, 5) is 8.45. The summed E-state index contributed by atoms with van der Waals surface area (Å²) in [5.74, 6) is -1.53. The van der Waals surface area contributed by atoms with Gasteiger partial charge in [-0.05, 0) is 35.7 Å². The minimum Gasteiger partial charge on any atom is -0.475 e. The molecule has 0 fully saturated rings. The lowest BCUT2D eigenvalue weighted by Gasteiger charge is -2.09. The van der Waals surface area contributed by atoms with Gasteiger partial charge in [0.15, 0.2) is 0 Å². The van der Waals surface area contributed by atoms with E-state index >= 15 is 0 Å². The van der Waals surface area contributed by atoms with Gasteiger partial charge in [0.05, 0.1) is 5.56 Å². The van der Waals surface area contributed by atoms with Crippen molar-refractivity contribution in [1.29, 1.82) is 0 Å². The fourth-order valence-corrected chi connectivity index (χ4v) is 3.51. The Balaban J connectivity index is 1.38. The summed E-state index contributed by atoms with van der Waals surface area (Å²) in [6.45, 7) is 0.498. The minimum absolute atomic E-state index is 0.0292. The van der Waals surface area contributed by atoms with Gasteiger partial charge in [-0.2, -0.15) is 13.2 Å². The van der Waals surface area contributed by atoms with Crippen LogP contribution in [0.5, 0.6) is 0 Å². The highest BCUT2D eigenvalue weighted by Gasteiger charge is 2.32. The number of hydrogen-bond donors (Lipinski definition) is 0. The topological polar surface area (TPSA) is 34.0 Å². The van der Waals surface area contributed by atoms with Crippen LogP contribution in [0.15, 0.2) is 76.7 Å². The summed E-state index contributed by atoms with van der Waals surface area (Å²) >= 11 is 0. The molecular weight excluding hydrogens is 439 g/mol. The molecule has 1 unspecified atom stereocenters. The zero-order valence-electron chi connectivity index (χ0n) is 17.3. The Morgan fingerprint density at radius 1 is 0.939 bits per heavy atom. The van der Waals surface area contributed by atoms with Crippen molar-refractivity contribution in [2.75, 3.05) is 13.2 Å². The monoisotopic (exact) mass is 458 g/mol. The summed E-state index contributed by atoms with van der Waals surface area (Å²) in [5, 5.41) is 0. The minimum atomic E-state index is -4.43. The van der Waals surface area contributed by atoms with E-state index < -0.39 is 23.4 Å². The van der Waals surface area contributed by atoms with Gasteiger partial charge in [-0.1, -0.05) is 48.5 Å². The molecule has 3 aromatic carbocycles. The highest BCUT2D eigenvalue weighted by Crippen LogP contribution is 2.31. The maximum absolute atomic E-state index is 14.0. The van der Waals surface area contributed by atoms with Crippen LogP contribution in [0.1, 0.15) is 33.9 Å². The predicted molar refractivity (Wildman–Crippen MR) is 116 cm³/mol. The van der Waals surface area contributed by atoms with Gasteiger partial charge in [-0.25, -0.2) is 13.8 Å². The van der Waals surface area contributed by atoms with E-state index in [1.165, 1.54) is 30.5 Å². The highest BCUT2D eigenvalue weighted by atomic mass is 19.4. The van der Waals surface area contributed by atoms with Crippen LogP contribution in [0.25, 0.3) is 0 Å². The SMILES string of the molecule is Fc1cccc(F)c1C1=NC(c2ccc(CCN=Cc3ccccc3C(F)(F)F)cc2)CO1. The molecule has 0 aromatic heterocycles. The molecule has 3 aromatic rings. The second kappa shape index (κ2) is 9.52. The van der Waals surface area contributed by atoms with E-state index in [0.29, 0.717) is 13.0 Å². The number of aliphatic imine (C=N–C) groups is 2. The normalized spacial score (nSPS) is 16.2. The van der Waals surface area contributed by atoms with E-state index in [0.717, 1.165) is 29.3 Å². The van der Waals surface area contributed by atoms with Crippen LogP contribution in [-0.2, 0) is 17.3 Å². The lowest BCUT2D eigenvalue weighted by atomic mass is 10.0. The van der Waals surface area contributed by atoms with Gasteiger partial charge in [-0.15, -0.1) is 0 Å². The third-order valence-electron chi connectivity index (χ3n) is 5.22. The maximum Gasteiger partial charge on any atom is 0.417 e. The second-order valence-electron chi connectivity index (χ2n) is 7.47. The van der Waals surface area contributed by atoms with E-state index in [1.54, 1.807) is 0 Å². The summed E-state index contributed by atoms with van der Waals surface area (Å²) in [7, 11) is 0. The molecule has 1 heterocycles. The van der Waals surface area contributed by atoms with E-state index in [9.17, 15) is 22.0 Å². The summed E-state index contributed by atoms with van der Waals surface area (Å²) in [6.07, 6.45) is -2.64. The number of alkyl halides is 3. The number of benzene rings is 3. The number of rotatable bonds is 6. The van der Waals surface area contributed by atoms with Crippen LogP contribution < -0.4 is 0 Å². The fraction of sp³-hybridized carbons (Fsp3) is 0.200. The van der Waals surface area contributed by atoms with Gasteiger partial charge in [0.1, 0.15) is 29.8 Å². The molecular formula is C25H19F5N2O. The van der Waals surface area contributed by atoms with Gasteiger partial charge in [0.2, 0.25) is 5.90 Å². The van der Waals surface area contributed by atoms with Crippen molar-refractivity contribution < 1.29 is 26.7 Å². The number of hydrogen-bond acceptors (Lipinski definition) is 3. The van der Waals surface area contributed by atoms with Gasteiger partial charge in [0.25, 0.3) is 0 Å². The maximum atomic E-state index is 14.0. The quantitative estimate of drug-likeness (QED) is 0.322. The zero-order chi connectivity index (χ0) is 23.4. The van der Waals surface area contributed by atoms with E-state index in [1.807, 2.05) is 24.3 Å². The Kier molecular flexibility index (Phi) is 6.53. The van der Waals surface area contributed by atoms with Crippen molar-refractivity contribution >= 4 is 12.1 Å². The Hall–Kier alpha value is -3.55. The van der Waals surface area contributed by atoms with Crippen LogP contribution in [-0.4, -0.2) is 25.3 Å². The molecule has 4 rings (SSSR count). The van der Waals surface area contributed by atoms with Crippen LogP contribution in [0.2, 0.25) is 0 Å². The summed E-state index contributed by atoms with van der Waals surface area (Å²) in [5.41, 5.74) is 0.812. The first kappa shape index (κ1) is 22.6. The Morgan fingerprint density at radius 3 is 2.33 bits per heavy atom. The van der Waals surface area contributed by atoms with Crippen molar-refractivity contribution in [3.63, 3.8) is 0 Å². The van der Waals surface area contributed by atoms with Gasteiger partial charge in [0, 0.05) is 18.3 Å². The average molecular weight is 458 g/mol. The molecule has 0 saturated carbocycles. The first-order valence-electron chi connectivity index (χ1n) is 10.2. The zero-order valence-corrected chi connectivity index (χ0v) is 17.3. The lowest BCUT2D eigenvalue weighted by molar-refractivity contribution is -0.137. The molecule has 0 saturated heterocycles. The summed E-state index contributed by atoms with van der Waals surface area (Å²) in [6, 6.07) is 15.9. The van der Waals surface area contributed by atoms with Gasteiger partial charge >= 0.3 is 6.18 Å². The number of ether oxygens (including phenoxy) is 1. The highest BCUT2D eigenvalue weighted by molar-refractivity contribution is 5.95. The molecule has 170 valence electrons. The van der Waals surface area contributed by atoms with Crippen molar-refractivity contribution in [1.82, 2.24) is 0 Å². The molecule has 0 spiro atoms. The Bertz CT molecular complexity index is 1170. The van der Waals surface area contributed by atoms with Crippen LogP contribution in [0.3, 0.4) is 0 Å². The Labute approximate surface area is 187 Å². The number of halogens is 5. The molecule has 1 aliphatic heterocycles. The van der Waals surface area contributed by atoms with E-state index in [2.05, 4.69) is 9.98 Å². The molecule has 0 aliphatic carbocycles.